The maximum absolute atomic E-state index is 13.7. The first-order valence-corrected chi connectivity index (χ1v) is 13.2. The molecule has 0 spiro atoms. The summed E-state index contributed by atoms with van der Waals surface area (Å²) in [6.07, 6.45) is -7.27. The van der Waals surface area contributed by atoms with Crippen LogP contribution in [0.2, 0.25) is 0 Å². The zero-order valence-electron chi connectivity index (χ0n) is 15.4. The van der Waals surface area contributed by atoms with Crippen LogP contribution >= 0.6 is 0 Å². The molecule has 2 aromatic carbocycles. The quantitative estimate of drug-likeness (QED) is 0.343. The van der Waals surface area contributed by atoms with Gasteiger partial charge in [-0.05, 0) is 36.4 Å². The summed E-state index contributed by atoms with van der Waals surface area (Å²) in [4.78, 5) is -1.05. The van der Waals surface area contributed by atoms with Crippen molar-refractivity contribution in [3.63, 3.8) is 0 Å². The Morgan fingerprint density at radius 2 is 1.09 bits per heavy atom. The number of hydrogen-bond donors (Lipinski definition) is 1. The van der Waals surface area contributed by atoms with Gasteiger partial charge in [-0.25, -0.2) is 16.8 Å². The van der Waals surface area contributed by atoms with Gasteiger partial charge in [0.1, 0.15) is 0 Å². The van der Waals surface area contributed by atoms with Gasteiger partial charge in [0.2, 0.25) is 0 Å². The number of hydrogen-bond acceptors (Lipinski definition) is 4. The van der Waals surface area contributed by atoms with Gasteiger partial charge in [0.15, 0.2) is 7.14 Å². The first kappa shape index (κ1) is 27.6. The van der Waals surface area contributed by atoms with Crippen LogP contribution in [0.3, 0.4) is 0 Å². The highest BCUT2D eigenvalue weighted by molar-refractivity contribution is 8.05. The summed E-state index contributed by atoms with van der Waals surface area (Å²) in [5.74, 6) is -15.1. The minimum Gasteiger partial charge on any atom is -0.206 e. The average Bonchev–Trinajstić information content (AvgIpc) is 2.67. The van der Waals surface area contributed by atoms with Gasteiger partial charge in [-0.15, -0.1) is 0 Å². The predicted octanol–water partition coefficient (Wildman–Crippen LogP) is 0.849. The van der Waals surface area contributed by atoms with Gasteiger partial charge in [0.25, 0.3) is 20.0 Å². The fourth-order valence-electron chi connectivity index (χ4n) is 2.05. The Hall–Kier alpha value is -1.60. The van der Waals surface area contributed by atoms with Crippen molar-refractivity contribution in [1.82, 2.24) is 4.13 Å². The Kier molecular flexibility index (Phi) is 7.44. The van der Waals surface area contributed by atoms with Crippen LogP contribution in [-0.2, 0) is 20.0 Å². The second-order valence-electron chi connectivity index (χ2n) is 6.10. The third-order valence-corrected chi connectivity index (χ3v) is 10.0. The molecular formula is C16H10F9INO4S2+. The Bertz CT molecular complexity index is 1200. The van der Waals surface area contributed by atoms with E-state index in [4.69, 9.17) is 0 Å². The standard InChI is InChI=1S/C16H10F9INO4S2/c17-13(18,15(21,22)23)14(19,20)16(24,25)33(30,31)27-32(28,29)12-8-6-11(7-9-12)26-10-4-2-1-3-5-10/h1-9,27H/q+1. The molecule has 0 aromatic heterocycles. The summed E-state index contributed by atoms with van der Waals surface area (Å²) in [6.45, 7) is 0. The lowest BCUT2D eigenvalue weighted by atomic mass is 10.1. The molecule has 0 unspecified atom stereocenters. The topological polar surface area (TPSA) is 80.3 Å². The van der Waals surface area contributed by atoms with Crippen molar-refractivity contribution in [3.05, 3.63) is 61.7 Å². The van der Waals surface area contributed by atoms with Crippen molar-refractivity contribution < 1.29 is 77.6 Å². The van der Waals surface area contributed by atoms with Crippen molar-refractivity contribution in [2.75, 3.05) is 0 Å². The zero-order chi connectivity index (χ0) is 25.5. The summed E-state index contributed by atoms with van der Waals surface area (Å²) in [6, 6.07) is 12.4. The predicted molar refractivity (Wildman–Crippen MR) is 90.4 cm³/mol. The fraction of sp³-hybridized carbons (Fsp3) is 0.250. The van der Waals surface area contributed by atoms with Crippen LogP contribution in [0.25, 0.3) is 0 Å². The molecule has 1 N–H and O–H groups in total. The van der Waals surface area contributed by atoms with Crippen molar-refractivity contribution in [3.8, 4) is 0 Å². The van der Waals surface area contributed by atoms with E-state index in [1.807, 2.05) is 0 Å². The van der Waals surface area contributed by atoms with Crippen molar-refractivity contribution in [2.45, 2.75) is 28.2 Å². The smallest absolute Gasteiger partial charge is 0.206 e. The Labute approximate surface area is 191 Å². The second-order valence-corrected chi connectivity index (χ2v) is 12.8. The van der Waals surface area contributed by atoms with E-state index in [1.54, 1.807) is 30.3 Å². The van der Waals surface area contributed by atoms with Gasteiger partial charge in [0.05, 0.1) is 4.90 Å². The van der Waals surface area contributed by atoms with Crippen LogP contribution in [0.15, 0.2) is 59.5 Å². The lowest BCUT2D eigenvalue weighted by molar-refractivity contribution is -0.597. The van der Waals surface area contributed by atoms with Crippen LogP contribution in [0.1, 0.15) is 0 Å². The van der Waals surface area contributed by atoms with Gasteiger partial charge >= 0.3 is 44.5 Å². The summed E-state index contributed by atoms with van der Waals surface area (Å²) >= 11 is -0.850. The number of halogens is 10. The molecule has 0 amide bonds. The monoisotopic (exact) mass is 642 g/mol. The molecule has 5 nitrogen and oxygen atoms in total. The third-order valence-electron chi connectivity index (χ3n) is 3.75. The van der Waals surface area contributed by atoms with Crippen molar-refractivity contribution >= 4 is 20.0 Å². The summed E-state index contributed by atoms with van der Waals surface area (Å²) in [7, 11) is -12.9. The van der Waals surface area contributed by atoms with E-state index < -0.39 is 69.4 Å². The second kappa shape index (κ2) is 8.88. The molecular weight excluding hydrogens is 632 g/mol. The van der Waals surface area contributed by atoms with Gasteiger partial charge in [-0.2, -0.15) is 39.5 Å². The molecule has 33 heavy (non-hydrogen) atoms. The van der Waals surface area contributed by atoms with E-state index in [9.17, 15) is 56.3 Å². The fourth-order valence-corrected chi connectivity index (χ4v) is 7.19. The number of sulfonamides is 2. The third kappa shape index (κ3) is 5.24. The number of benzene rings is 2. The lowest BCUT2D eigenvalue weighted by Crippen LogP contribution is -3.61. The molecule has 2 aromatic rings. The molecule has 0 saturated heterocycles. The Morgan fingerprint density at radius 1 is 0.636 bits per heavy atom. The first-order valence-electron chi connectivity index (χ1n) is 8.04. The van der Waals surface area contributed by atoms with Gasteiger partial charge in [0, 0.05) is 0 Å². The number of rotatable bonds is 8. The van der Waals surface area contributed by atoms with Crippen LogP contribution < -0.4 is 25.3 Å². The SMILES string of the molecule is O=S(=O)(NS(=O)(=O)C(F)(F)C(F)(F)C(F)(F)C(F)(F)F)c1ccc([I+]c2ccccc2)cc1. The van der Waals surface area contributed by atoms with Crippen molar-refractivity contribution in [1.29, 1.82) is 0 Å². The van der Waals surface area contributed by atoms with Crippen molar-refractivity contribution in [2.24, 2.45) is 0 Å². The summed E-state index contributed by atoms with van der Waals surface area (Å²) < 4.78 is 165. The van der Waals surface area contributed by atoms with Crippen LogP contribution in [-0.4, -0.2) is 40.1 Å². The normalized spacial score (nSPS) is 14.3. The number of alkyl halides is 9. The number of nitrogens with one attached hydrogen (secondary N) is 1. The molecule has 0 radical (unpaired) electrons. The van der Waals surface area contributed by atoms with Gasteiger partial charge < -0.3 is 0 Å². The van der Waals surface area contributed by atoms with Crippen LogP contribution in [0.4, 0.5) is 39.5 Å². The molecule has 0 aliphatic heterocycles. The molecule has 0 saturated carbocycles. The largest absolute Gasteiger partial charge is 0.460 e. The van der Waals surface area contributed by atoms with E-state index >= 15 is 0 Å². The van der Waals surface area contributed by atoms with Gasteiger partial charge in [-0.3, -0.25) is 0 Å². The summed E-state index contributed by atoms with van der Waals surface area (Å²) in [5, 5.41) is -7.18. The first-order chi connectivity index (χ1) is 14.8. The van der Waals surface area contributed by atoms with E-state index in [2.05, 4.69) is 0 Å². The van der Waals surface area contributed by atoms with Crippen LogP contribution in [0, 0.1) is 7.14 Å². The minimum atomic E-state index is -7.55. The zero-order valence-corrected chi connectivity index (χ0v) is 19.2. The maximum atomic E-state index is 13.7. The molecule has 184 valence electrons. The van der Waals surface area contributed by atoms with E-state index in [1.165, 1.54) is 0 Å². The van der Waals surface area contributed by atoms with Crippen LogP contribution in [0.5, 0.6) is 0 Å². The summed E-state index contributed by atoms with van der Waals surface area (Å²) in [5.41, 5.74) is 0. The average molecular weight is 642 g/mol. The molecule has 0 aliphatic rings. The molecule has 17 heteroatoms. The van der Waals surface area contributed by atoms with E-state index in [0.29, 0.717) is 3.57 Å². The molecule has 0 bridgehead atoms. The Balaban J connectivity index is 2.34. The Morgan fingerprint density at radius 3 is 1.55 bits per heavy atom. The van der Waals surface area contributed by atoms with Gasteiger partial charge in [-0.1, -0.05) is 22.3 Å². The maximum Gasteiger partial charge on any atom is 0.460 e. The molecule has 0 fully saturated rings. The van der Waals surface area contributed by atoms with E-state index in [-0.39, 0.29) is 4.13 Å². The highest BCUT2D eigenvalue weighted by atomic mass is 127. The minimum absolute atomic E-state index is 0.111. The highest BCUT2D eigenvalue weighted by Crippen LogP contribution is 2.54. The molecule has 2 rings (SSSR count). The molecule has 0 atom stereocenters. The highest BCUT2D eigenvalue weighted by Gasteiger charge is 2.85. The molecule has 0 heterocycles. The molecule has 0 aliphatic carbocycles. The lowest BCUT2D eigenvalue weighted by Gasteiger charge is -2.32. The van der Waals surface area contributed by atoms with E-state index in [0.717, 1.165) is 27.8 Å².